The number of aliphatic hydroxyl groups excluding tert-OH is 1. The summed E-state index contributed by atoms with van der Waals surface area (Å²) in [6.45, 7) is 9.25. The van der Waals surface area contributed by atoms with E-state index in [0.717, 1.165) is 30.8 Å². The van der Waals surface area contributed by atoms with Crippen molar-refractivity contribution in [1.29, 1.82) is 0 Å². The highest BCUT2D eigenvalue weighted by Gasteiger charge is 2.27. The summed E-state index contributed by atoms with van der Waals surface area (Å²) in [5, 5.41) is 9.13. The molecule has 1 saturated heterocycles. The minimum atomic E-state index is 0.236. The topological polar surface area (TPSA) is 23.5 Å². The SMILES string of the molecule is CCC1CC(C(C)C)CN(CO)C1. The Kier molecular flexibility index (Phi) is 4.20. The molecule has 2 nitrogen and oxygen atoms in total. The summed E-state index contributed by atoms with van der Waals surface area (Å²) in [7, 11) is 0. The summed E-state index contributed by atoms with van der Waals surface area (Å²) < 4.78 is 0. The predicted octanol–water partition coefficient (Wildman–Crippen LogP) is 1.94. The number of hydrogen-bond acceptors (Lipinski definition) is 2. The molecule has 0 bridgehead atoms. The summed E-state index contributed by atoms with van der Waals surface area (Å²) in [6.07, 6.45) is 2.60. The van der Waals surface area contributed by atoms with Gasteiger partial charge in [-0.2, -0.15) is 0 Å². The van der Waals surface area contributed by atoms with Crippen LogP contribution in [-0.2, 0) is 0 Å². The average Bonchev–Trinajstić information content (AvgIpc) is 2.16. The molecule has 2 atom stereocenters. The van der Waals surface area contributed by atoms with Crippen molar-refractivity contribution in [2.24, 2.45) is 17.8 Å². The Bertz CT molecular complexity index is 135. The normalized spacial score (nSPS) is 31.2. The van der Waals surface area contributed by atoms with Gasteiger partial charge in [-0.1, -0.05) is 27.2 Å². The van der Waals surface area contributed by atoms with Crippen molar-refractivity contribution in [3.8, 4) is 0 Å². The van der Waals surface area contributed by atoms with Gasteiger partial charge >= 0.3 is 0 Å². The third kappa shape index (κ3) is 2.96. The van der Waals surface area contributed by atoms with E-state index in [-0.39, 0.29) is 6.73 Å². The smallest absolute Gasteiger partial charge is 0.0956 e. The molecular formula is C11H23NO. The van der Waals surface area contributed by atoms with Crippen LogP contribution >= 0.6 is 0 Å². The Balaban J connectivity index is 2.49. The van der Waals surface area contributed by atoms with Crippen LogP contribution in [0.25, 0.3) is 0 Å². The second kappa shape index (κ2) is 4.97. The molecule has 1 aliphatic heterocycles. The van der Waals surface area contributed by atoms with Gasteiger partial charge in [0.05, 0.1) is 6.73 Å². The van der Waals surface area contributed by atoms with Gasteiger partial charge < -0.3 is 5.11 Å². The molecule has 0 spiro atoms. The van der Waals surface area contributed by atoms with Gasteiger partial charge in [-0.15, -0.1) is 0 Å². The third-order valence-electron chi connectivity index (χ3n) is 3.37. The van der Waals surface area contributed by atoms with Gasteiger partial charge in [0, 0.05) is 13.1 Å². The van der Waals surface area contributed by atoms with Crippen LogP contribution in [0.5, 0.6) is 0 Å². The fourth-order valence-electron chi connectivity index (χ4n) is 2.24. The first-order chi connectivity index (χ1) is 6.17. The molecule has 2 heteroatoms. The van der Waals surface area contributed by atoms with Gasteiger partial charge in [0.15, 0.2) is 0 Å². The molecule has 0 aromatic heterocycles. The molecule has 2 unspecified atom stereocenters. The fraction of sp³-hybridized carbons (Fsp3) is 1.00. The molecule has 0 radical (unpaired) electrons. The van der Waals surface area contributed by atoms with Crippen LogP contribution in [0.15, 0.2) is 0 Å². The largest absolute Gasteiger partial charge is 0.381 e. The second-order valence-electron chi connectivity index (χ2n) is 4.69. The molecule has 0 aromatic carbocycles. The van der Waals surface area contributed by atoms with Crippen LogP contribution in [0.2, 0.25) is 0 Å². The zero-order chi connectivity index (χ0) is 9.84. The Labute approximate surface area is 81.9 Å². The first-order valence-electron chi connectivity index (χ1n) is 5.50. The molecule has 1 heterocycles. The van der Waals surface area contributed by atoms with Gasteiger partial charge in [-0.25, -0.2) is 0 Å². The molecule has 1 rings (SSSR count). The van der Waals surface area contributed by atoms with Crippen LogP contribution in [0.3, 0.4) is 0 Å². The average molecular weight is 185 g/mol. The quantitative estimate of drug-likeness (QED) is 0.726. The van der Waals surface area contributed by atoms with Crippen LogP contribution in [0, 0.1) is 17.8 Å². The lowest BCUT2D eigenvalue weighted by atomic mass is 9.81. The Hall–Kier alpha value is -0.0800. The zero-order valence-electron chi connectivity index (χ0n) is 9.16. The van der Waals surface area contributed by atoms with Crippen molar-refractivity contribution in [3.05, 3.63) is 0 Å². The van der Waals surface area contributed by atoms with E-state index < -0.39 is 0 Å². The molecule has 0 aliphatic carbocycles. The lowest BCUT2D eigenvalue weighted by Gasteiger charge is -2.38. The van der Waals surface area contributed by atoms with Crippen LogP contribution in [0.4, 0.5) is 0 Å². The highest BCUT2D eigenvalue weighted by atomic mass is 16.3. The Morgan fingerprint density at radius 2 is 2.08 bits per heavy atom. The van der Waals surface area contributed by atoms with Crippen LogP contribution < -0.4 is 0 Å². The summed E-state index contributed by atoms with van der Waals surface area (Å²) >= 11 is 0. The number of rotatable bonds is 3. The highest BCUT2D eigenvalue weighted by Crippen LogP contribution is 2.28. The summed E-state index contributed by atoms with van der Waals surface area (Å²) in [4.78, 5) is 2.18. The molecule has 1 aliphatic rings. The van der Waals surface area contributed by atoms with Gasteiger partial charge in [0.25, 0.3) is 0 Å². The summed E-state index contributed by atoms with van der Waals surface area (Å²) in [6, 6.07) is 0. The molecule has 0 aromatic rings. The molecule has 13 heavy (non-hydrogen) atoms. The first-order valence-corrected chi connectivity index (χ1v) is 5.50. The van der Waals surface area contributed by atoms with Gasteiger partial charge in [-0.3, -0.25) is 4.90 Å². The minimum absolute atomic E-state index is 0.236. The van der Waals surface area contributed by atoms with Gasteiger partial charge in [0.1, 0.15) is 0 Å². The van der Waals surface area contributed by atoms with Crippen molar-refractivity contribution in [2.75, 3.05) is 19.8 Å². The molecule has 0 saturated carbocycles. The lowest BCUT2D eigenvalue weighted by molar-refractivity contribution is 0.0279. The van der Waals surface area contributed by atoms with Crippen LogP contribution in [0.1, 0.15) is 33.6 Å². The van der Waals surface area contributed by atoms with E-state index in [1.54, 1.807) is 0 Å². The Morgan fingerprint density at radius 3 is 2.54 bits per heavy atom. The van der Waals surface area contributed by atoms with Gasteiger partial charge in [0.2, 0.25) is 0 Å². The monoisotopic (exact) mass is 185 g/mol. The fourth-order valence-corrected chi connectivity index (χ4v) is 2.24. The maximum absolute atomic E-state index is 9.13. The number of hydrogen-bond donors (Lipinski definition) is 1. The second-order valence-corrected chi connectivity index (χ2v) is 4.69. The number of likely N-dealkylation sites (tertiary alicyclic amines) is 1. The van der Waals surface area contributed by atoms with E-state index >= 15 is 0 Å². The molecule has 1 fully saturated rings. The highest BCUT2D eigenvalue weighted by molar-refractivity contribution is 4.78. The van der Waals surface area contributed by atoms with E-state index in [2.05, 4.69) is 25.7 Å². The van der Waals surface area contributed by atoms with Crippen molar-refractivity contribution >= 4 is 0 Å². The molecular weight excluding hydrogens is 162 g/mol. The van der Waals surface area contributed by atoms with E-state index in [1.165, 1.54) is 12.8 Å². The van der Waals surface area contributed by atoms with E-state index in [0.29, 0.717) is 0 Å². The number of nitrogens with zero attached hydrogens (tertiary/aromatic N) is 1. The van der Waals surface area contributed by atoms with E-state index in [1.807, 2.05) is 0 Å². The summed E-state index contributed by atoms with van der Waals surface area (Å²) in [5.74, 6) is 2.34. The van der Waals surface area contributed by atoms with E-state index in [4.69, 9.17) is 5.11 Å². The standard InChI is InChI=1S/C11H23NO/c1-4-10-5-11(9(2)3)7-12(6-10)8-13/h9-11,13H,4-8H2,1-3H3. The van der Waals surface area contributed by atoms with Crippen molar-refractivity contribution in [2.45, 2.75) is 33.6 Å². The van der Waals surface area contributed by atoms with Gasteiger partial charge in [-0.05, 0) is 24.2 Å². The lowest BCUT2D eigenvalue weighted by Crippen LogP contribution is -2.42. The van der Waals surface area contributed by atoms with Crippen molar-refractivity contribution < 1.29 is 5.11 Å². The van der Waals surface area contributed by atoms with Crippen molar-refractivity contribution in [1.82, 2.24) is 4.90 Å². The first kappa shape index (κ1) is 11.0. The maximum Gasteiger partial charge on any atom is 0.0956 e. The summed E-state index contributed by atoms with van der Waals surface area (Å²) in [5.41, 5.74) is 0. The zero-order valence-corrected chi connectivity index (χ0v) is 9.16. The minimum Gasteiger partial charge on any atom is -0.381 e. The van der Waals surface area contributed by atoms with Crippen molar-refractivity contribution in [3.63, 3.8) is 0 Å². The molecule has 0 amide bonds. The predicted molar refractivity (Wildman–Crippen MR) is 55.4 cm³/mol. The Morgan fingerprint density at radius 1 is 1.38 bits per heavy atom. The number of piperidine rings is 1. The maximum atomic E-state index is 9.13. The molecule has 1 N–H and O–H groups in total. The molecule has 78 valence electrons. The third-order valence-corrected chi connectivity index (χ3v) is 3.37. The van der Waals surface area contributed by atoms with Crippen LogP contribution in [-0.4, -0.2) is 29.8 Å². The number of aliphatic hydroxyl groups is 1. The van der Waals surface area contributed by atoms with E-state index in [9.17, 15) is 0 Å².